The normalized spacial score (nSPS) is 11.1. The van der Waals surface area contributed by atoms with Crippen LogP contribution in [0.5, 0.6) is 5.75 Å². The second-order valence-electron chi connectivity index (χ2n) is 5.95. The number of aryl methyl sites for hydroxylation is 1. The van der Waals surface area contributed by atoms with E-state index in [1.807, 2.05) is 13.2 Å². The maximum Gasteiger partial charge on any atom is 0.165 e. The molecule has 130 valence electrons. The van der Waals surface area contributed by atoms with E-state index in [1.165, 1.54) is 18.1 Å². The predicted octanol–water partition coefficient (Wildman–Crippen LogP) is 5.22. The lowest BCUT2D eigenvalue weighted by Crippen LogP contribution is -1.99. The van der Waals surface area contributed by atoms with Crippen molar-refractivity contribution in [1.82, 2.24) is 0 Å². The Hall–Kier alpha value is -2.04. The van der Waals surface area contributed by atoms with Gasteiger partial charge in [0.2, 0.25) is 0 Å². The van der Waals surface area contributed by atoms with Crippen LogP contribution in [0.2, 0.25) is 0 Å². The number of hydrogen-bond acceptors (Lipinski definition) is 3. The molecular weight excluding hydrogens is 335 g/mol. The molecule has 0 amide bonds. The van der Waals surface area contributed by atoms with E-state index in [2.05, 4.69) is 30.3 Å². The molecule has 3 aromatic carbocycles. The highest BCUT2D eigenvalue weighted by Crippen LogP contribution is 2.37. The summed E-state index contributed by atoms with van der Waals surface area (Å²) in [5, 5.41) is 11.2. The zero-order valence-corrected chi connectivity index (χ0v) is 15.4. The molecule has 0 aliphatic heterocycles. The van der Waals surface area contributed by atoms with Crippen LogP contribution in [0.4, 0.5) is 4.39 Å². The molecule has 0 aromatic heterocycles. The summed E-state index contributed by atoms with van der Waals surface area (Å²) in [6.07, 6.45) is 2.57. The summed E-state index contributed by atoms with van der Waals surface area (Å²) in [5.41, 5.74) is 4.15. The first-order valence-corrected chi connectivity index (χ1v) is 9.36. The Morgan fingerprint density at radius 3 is 2.40 bits per heavy atom. The third-order valence-corrected chi connectivity index (χ3v) is 5.25. The minimum absolute atomic E-state index is 0.0530. The number of thioether (sulfide) groups is 1. The highest BCUT2D eigenvalue weighted by molar-refractivity contribution is 7.98. The largest absolute Gasteiger partial charge is 0.494 e. The molecule has 0 radical (unpaired) electrons. The van der Waals surface area contributed by atoms with Gasteiger partial charge in [-0.25, -0.2) is 4.39 Å². The van der Waals surface area contributed by atoms with E-state index in [0.29, 0.717) is 6.42 Å². The molecule has 1 N–H and O–H groups in total. The highest BCUT2D eigenvalue weighted by atomic mass is 32.2. The molecule has 0 heterocycles. The molecule has 0 atom stereocenters. The van der Waals surface area contributed by atoms with Gasteiger partial charge in [-0.05, 0) is 76.9 Å². The number of fused-ring (bicyclic) bond motifs is 1. The molecule has 0 saturated heterocycles. The smallest absolute Gasteiger partial charge is 0.165 e. The molecular formula is C21H21FO2S. The number of benzene rings is 3. The summed E-state index contributed by atoms with van der Waals surface area (Å²) >= 11 is 1.69. The summed E-state index contributed by atoms with van der Waals surface area (Å²) in [4.78, 5) is 1.19. The molecule has 0 aliphatic carbocycles. The highest BCUT2D eigenvalue weighted by Gasteiger charge is 2.15. The van der Waals surface area contributed by atoms with Crippen molar-refractivity contribution in [3.63, 3.8) is 0 Å². The average molecular weight is 356 g/mol. The Morgan fingerprint density at radius 2 is 1.80 bits per heavy atom. The van der Waals surface area contributed by atoms with Crippen LogP contribution in [-0.2, 0) is 6.42 Å². The van der Waals surface area contributed by atoms with Gasteiger partial charge in [-0.2, -0.15) is 0 Å². The van der Waals surface area contributed by atoms with Crippen LogP contribution in [0.1, 0.15) is 11.1 Å². The Bertz CT molecular complexity index is 904. The summed E-state index contributed by atoms with van der Waals surface area (Å²) in [7, 11) is 1.47. The average Bonchev–Trinajstić information content (AvgIpc) is 2.63. The van der Waals surface area contributed by atoms with Gasteiger partial charge in [0.25, 0.3) is 0 Å². The number of aliphatic hydroxyl groups is 1. The van der Waals surface area contributed by atoms with Crippen molar-refractivity contribution < 1.29 is 14.2 Å². The van der Waals surface area contributed by atoms with Gasteiger partial charge < -0.3 is 9.84 Å². The van der Waals surface area contributed by atoms with Crippen LogP contribution in [-0.4, -0.2) is 25.1 Å². The van der Waals surface area contributed by atoms with E-state index in [-0.39, 0.29) is 18.2 Å². The third kappa shape index (κ3) is 3.37. The van der Waals surface area contributed by atoms with Gasteiger partial charge in [0.05, 0.1) is 7.11 Å². The van der Waals surface area contributed by atoms with Gasteiger partial charge in [-0.15, -0.1) is 11.8 Å². The topological polar surface area (TPSA) is 29.5 Å². The van der Waals surface area contributed by atoms with Gasteiger partial charge >= 0.3 is 0 Å². The molecule has 0 bridgehead atoms. The molecule has 3 aromatic rings. The summed E-state index contributed by atoms with van der Waals surface area (Å²) in [6.45, 7) is 2.08. The van der Waals surface area contributed by atoms with E-state index in [0.717, 1.165) is 33.0 Å². The second-order valence-corrected chi connectivity index (χ2v) is 6.83. The van der Waals surface area contributed by atoms with Crippen LogP contribution < -0.4 is 4.74 Å². The monoisotopic (exact) mass is 356 g/mol. The minimum Gasteiger partial charge on any atom is -0.494 e. The van der Waals surface area contributed by atoms with Gasteiger partial charge in [0.15, 0.2) is 11.6 Å². The van der Waals surface area contributed by atoms with E-state index in [4.69, 9.17) is 4.74 Å². The first kappa shape index (κ1) is 17.8. The minimum atomic E-state index is -0.379. The number of ether oxygens (including phenoxy) is 1. The number of hydrogen-bond donors (Lipinski definition) is 1. The fourth-order valence-corrected chi connectivity index (χ4v) is 3.64. The standard InChI is InChI=1S/C21H21FO2S/c1-13-10-17(14-4-6-15(25-3)7-5-14)18-11-20(22)21(24-2)12-19(18)16(13)8-9-23/h4-7,10-12,23H,8-9H2,1-3H3. The SMILES string of the molecule is COc1cc2c(CCO)c(C)cc(-c3ccc(SC)cc3)c2cc1F. The second kappa shape index (κ2) is 7.46. The summed E-state index contributed by atoms with van der Waals surface area (Å²) in [6, 6.07) is 13.6. The zero-order chi connectivity index (χ0) is 18.0. The van der Waals surface area contributed by atoms with Gasteiger partial charge in [0, 0.05) is 11.5 Å². The van der Waals surface area contributed by atoms with Crippen molar-refractivity contribution in [2.75, 3.05) is 20.0 Å². The van der Waals surface area contributed by atoms with E-state index in [1.54, 1.807) is 17.8 Å². The number of aliphatic hydroxyl groups excluding tert-OH is 1. The first-order valence-electron chi connectivity index (χ1n) is 8.14. The zero-order valence-electron chi connectivity index (χ0n) is 14.6. The van der Waals surface area contributed by atoms with Gasteiger partial charge in [0.1, 0.15) is 0 Å². The Kier molecular flexibility index (Phi) is 5.30. The number of rotatable bonds is 5. The molecule has 25 heavy (non-hydrogen) atoms. The van der Waals surface area contributed by atoms with Crippen molar-refractivity contribution in [3.8, 4) is 16.9 Å². The maximum atomic E-state index is 14.4. The Balaban J connectivity index is 2.31. The maximum absolute atomic E-state index is 14.4. The fraction of sp³-hybridized carbons (Fsp3) is 0.238. The molecule has 0 saturated carbocycles. The van der Waals surface area contributed by atoms with E-state index in [9.17, 15) is 9.50 Å². The lowest BCUT2D eigenvalue weighted by atomic mass is 9.90. The molecule has 4 heteroatoms. The number of halogens is 1. The molecule has 0 unspecified atom stereocenters. The molecule has 3 rings (SSSR count). The van der Waals surface area contributed by atoms with Crippen molar-refractivity contribution >= 4 is 22.5 Å². The summed E-state index contributed by atoms with van der Waals surface area (Å²) < 4.78 is 19.5. The van der Waals surface area contributed by atoms with Crippen LogP contribution >= 0.6 is 11.8 Å². The first-order chi connectivity index (χ1) is 12.1. The van der Waals surface area contributed by atoms with E-state index < -0.39 is 0 Å². The van der Waals surface area contributed by atoms with Gasteiger partial charge in [-0.1, -0.05) is 18.2 Å². The van der Waals surface area contributed by atoms with Crippen LogP contribution in [0.15, 0.2) is 47.4 Å². The van der Waals surface area contributed by atoms with Crippen molar-refractivity contribution in [3.05, 3.63) is 59.4 Å². The van der Waals surface area contributed by atoms with Crippen LogP contribution in [0.3, 0.4) is 0 Å². The summed E-state index contributed by atoms with van der Waals surface area (Å²) in [5.74, 6) is -0.156. The van der Waals surface area contributed by atoms with Crippen LogP contribution in [0, 0.1) is 12.7 Å². The lowest BCUT2D eigenvalue weighted by molar-refractivity contribution is 0.300. The molecule has 2 nitrogen and oxygen atoms in total. The van der Waals surface area contributed by atoms with Crippen LogP contribution in [0.25, 0.3) is 21.9 Å². The predicted molar refractivity (Wildman–Crippen MR) is 103 cm³/mol. The molecule has 0 spiro atoms. The fourth-order valence-electron chi connectivity index (χ4n) is 3.23. The molecule has 0 fully saturated rings. The van der Waals surface area contributed by atoms with E-state index >= 15 is 0 Å². The molecule has 0 aliphatic rings. The van der Waals surface area contributed by atoms with Crippen molar-refractivity contribution in [2.45, 2.75) is 18.2 Å². The van der Waals surface area contributed by atoms with Crippen molar-refractivity contribution in [1.29, 1.82) is 0 Å². The van der Waals surface area contributed by atoms with Gasteiger partial charge in [-0.3, -0.25) is 0 Å². The quantitative estimate of drug-likeness (QED) is 0.636. The Labute approximate surface area is 151 Å². The Morgan fingerprint density at radius 1 is 1.08 bits per heavy atom. The third-order valence-electron chi connectivity index (χ3n) is 4.51. The van der Waals surface area contributed by atoms with Crippen molar-refractivity contribution in [2.24, 2.45) is 0 Å². The number of methoxy groups -OCH3 is 1. The lowest BCUT2D eigenvalue weighted by Gasteiger charge is -2.16.